The van der Waals surface area contributed by atoms with Crippen molar-refractivity contribution in [2.24, 2.45) is 23.2 Å². The fourth-order valence-corrected chi connectivity index (χ4v) is 5.50. The highest BCUT2D eigenvalue weighted by Crippen LogP contribution is 2.55. The summed E-state index contributed by atoms with van der Waals surface area (Å²) < 4.78 is 11.3. The van der Waals surface area contributed by atoms with Crippen molar-refractivity contribution >= 4 is 5.97 Å². The molecule has 7 atom stereocenters. The zero-order valence-corrected chi connectivity index (χ0v) is 15.4. The third-order valence-electron chi connectivity index (χ3n) is 7.33. The Morgan fingerprint density at radius 2 is 2.20 bits per heavy atom. The van der Waals surface area contributed by atoms with Crippen LogP contribution in [-0.4, -0.2) is 49.1 Å². The molecule has 0 aromatic rings. The SMILES string of the molecule is CC1CCC=C2CC3OC(=O)C(CNCC4CCCO4)C3C(O)C21C. The number of aliphatic hydroxyl groups excluding tert-OH is 1. The number of hydrogen-bond donors (Lipinski definition) is 2. The van der Waals surface area contributed by atoms with Crippen LogP contribution in [0.1, 0.15) is 46.0 Å². The maximum atomic E-state index is 12.5. The van der Waals surface area contributed by atoms with Crippen LogP contribution in [0.3, 0.4) is 0 Å². The maximum absolute atomic E-state index is 12.5. The van der Waals surface area contributed by atoms with Gasteiger partial charge in [-0.1, -0.05) is 25.5 Å². The molecular formula is C20H31NO4. The van der Waals surface area contributed by atoms with Crippen LogP contribution in [0.15, 0.2) is 11.6 Å². The van der Waals surface area contributed by atoms with E-state index in [0.717, 1.165) is 45.3 Å². The molecule has 0 spiro atoms. The lowest BCUT2D eigenvalue weighted by Crippen LogP contribution is -2.54. The Bertz CT molecular complexity index is 556. The second-order valence-corrected chi connectivity index (χ2v) is 8.59. The number of carbonyl (C=O) groups is 1. The van der Waals surface area contributed by atoms with Crippen LogP contribution < -0.4 is 5.32 Å². The second-order valence-electron chi connectivity index (χ2n) is 8.59. The van der Waals surface area contributed by atoms with E-state index in [1.54, 1.807) is 0 Å². The van der Waals surface area contributed by atoms with Gasteiger partial charge in [-0.2, -0.15) is 0 Å². The summed E-state index contributed by atoms with van der Waals surface area (Å²) in [5.41, 5.74) is 1.07. The van der Waals surface area contributed by atoms with E-state index >= 15 is 0 Å². The number of hydrogen-bond acceptors (Lipinski definition) is 5. The first-order chi connectivity index (χ1) is 12.0. The molecule has 0 radical (unpaired) electrons. The highest BCUT2D eigenvalue weighted by Gasteiger charge is 2.59. The lowest BCUT2D eigenvalue weighted by molar-refractivity contribution is -0.144. The van der Waals surface area contributed by atoms with Crippen LogP contribution in [0.2, 0.25) is 0 Å². The van der Waals surface area contributed by atoms with Gasteiger partial charge in [0, 0.05) is 37.5 Å². The van der Waals surface area contributed by atoms with Crippen molar-refractivity contribution in [3.05, 3.63) is 11.6 Å². The summed E-state index contributed by atoms with van der Waals surface area (Å²) in [6, 6.07) is 0. The molecule has 5 heteroatoms. The molecule has 4 aliphatic rings. The van der Waals surface area contributed by atoms with Gasteiger partial charge in [0.2, 0.25) is 0 Å². The van der Waals surface area contributed by atoms with Gasteiger partial charge < -0.3 is 19.9 Å². The average molecular weight is 349 g/mol. The minimum absolute atomic E-state index is 0.104. The van der Waals surface area contributed by atoms with Crippen molar-refractivity contribution in [2.75, 3.05) is 19.7 Å². The molecule has 0 bridgehead atoms. The van der Waals surface area contributed by atoms with E-state index in [1.165, 1.54) is 5.57 Å². The van der Waals surface area contributed by atoms with Gasteiger partial charge in [0.15, 0.2) is 0 Å². The summed E-state index contributed by atoms with van der Waals surface area (Å²) in [4.78, 5) is 12.5. The molecule has 0 amide bonds. The van der Waals surface area contributed by atoms with E-state index < -0.39 is 6.10 Å². The quantitative estimate of drug-likeness (QED) is 0.600. The number of aliphatic hydroxyl groups is 1. The van der Waals surface area contributed by atoms with Crippen molar-refractivity contribution in [3.63, 3.8) is 0 Å². The van der Waals surface area contributed by atoms with Crippen LogP contribution >= 0.6 is 0 Å². The number of rotatable bonds is 4. The summed E-state index contributed by atoms with van der Waals surface area (Å²) in [6.45, 7) is 6.60. The predicted octanol–water partition coefficient (Wildman–Crippen LogP) is 2.04. The van der Waals surface area contributed by atoms with Crippen LogP contribution in [0.4, 0.5) is 0 Å². The molecule has 0 aromatic heterocycles. The molecule has 0 aromatic carbocycles. The molecule has 2 N–H and O–H groups in total. The summed E-state index contributed by atoms with van der Waals surface area (Å²) in [5.74, 6) is -0.0786. The highest BCUT2D eigenvalue weighted by molar-refractivity contribution is 5.76. The molecule has 2 aliphatic heterocycles. The molecule has 1 saturated carbocycles. The zero-order valence-electron chi connectivity index (χ0n) is 15.4. The van der Waals surface area contributed by atoms with Crippen molar-refractivity contribution in [1.82, 2.24) is 5.32 Å². The van der Waals surface area contributed by atoms with Gasteiger partial charge in [-0.15, -0.1) is 0 Å². The Morgan fingerprint density at radius 3 is 2.96 bits per heavy atom. The highest BCUT2D eigenvalue weighted by atomic mass is 16.6. The topological polar surface area (TPSA) is 67.8 Å². The smallest absolute Gasteiger partial charge is 0.311 e. The van der Waals surface area contributed by atoms with Crippen molar-refractivity contribution in [2.45, 2.75) is 64.3 Å². The first kappa shape index (κ1) is 17.5. The van der Waals surface area contributed by atoms with Gasteiger partial charge in [0.25, 0.3) is 0 Å². The Labute approximate surface area is 150 Å². The number of nitrogens with one attached hydrogen (secondary N) is 1. The zero-order chi connectivity index (χ0) is 17.6. The standard InChI is InChI=1S/C20H31NO4/c1-12-5-3-6-13-9-16-17(18(22)20(12,13)2)15(19(23)25-16)11-21-10-14-7-4-8-24-14/h6,12,14-18,21-22H,3-5,7-11H2,1-2H3. The minimum Gasteiger partial charge on any atom is -0.461 e. The van der Waals surface area contributed by atoms with Crippen LogP contribution in [0.25, 0.3) is 0 Å². The molecule has 2 heterocycles. The molecular weight excluding hydrogens is 318 g/mol. The van der Waals surface area contributed by atoms with Gasteiger partial charge in [-0.3, -0.25) is 4.79 Å². The molecule has 2 aliphatic carbocycles. The third kappa shape index (κ3) is 2.84. The van der Waals surface area contributed by atoms with Crippen molar-refractivity contribution < 1.29 is 19.4 Å². The number of carbonyl (C=O) groups excluding carboxylic acids is 1. The van der Waals surface area contributed by atoms with Gasteiger partial charge in [0.1, 0.15) is 6.10 Å². The first-order valence-corrected chi connectivity index (χ1v) is 9.92. The predicted molar refractivity (Wildman–Crippen MR) is 93.9 cm³/mol. The summed E-state index contributed by atoms with van der Waals surface area (Å²) in [7, 11) is 0. The first-order valence-electron chi connectivity index (χ1n) is 9.92. The minimum atomic E-state index is -0.520. The molecule has 7 unspecified atom stereocenters. The van der Waals surface area contributed by atoms with E-state index in [9.17, 15) is 9.90 Å². The van der Waals surface area contributed by atoms with Gasteiger partial charge in [0.05, 0.1) is 18.1 Å². The van der Waals surface area contributed by atoms with E-state index in [0.29, 0.717) is 12.5 Å². The molecule has 25 heavy (non-hydrogen) atoms. The lowest BCUT2D eigenvalue weighted by Gasteiger charge is -2.51. The summed E-state index contributed by atoms with van der Waals surface area (Å²) >= 11 is 0. The average Bonchev–Trinajstić information content (AvgIpc) is 3.19. The molecule has 4 rings (SSSR count). The monoisotopic (exact) mass is 349 g/mol. The molecule has 140 valence electrons. The summed E-state index contributed by atoms with van der Waals surface area (Å²) in [5, 5.41) is 14.7. The Morgan fingerprint density at radius 1 is 1.36 bits per heavy atom. The normalized spacial score (nSPS) is 46.4. The number of ether oxygens (including phenoxy) is 2. The molecule has 5 nitrogen and oxygen atoms in total. The van der Waals surface area contributed by atoms with E-state index in [4.69, 9.17) is 9.47 Å². The second kappa shape index (κ2) is 6.67. The van der Waals surface area contributed by atoms with Gasteiger partial charge >= 0.3 is 5.97 Å². The van der Waals surface area contributed by atoms with Crippen LogP contribution in [0.5, 0.6) is 0 Å². The van der Waals surface area contributed by atoms with E-state index in [1.807, 2.05) is 0 Å². The third-order valence-corrected chi connectivity index (χ3v) is 7.33. The van der Waals surface area contributed by atoms with Crippen molar-refractivity contribution in [3.8, 4) is 0 Å². The Kier molecular flexibility index (Phi) is 4.67. The summed E-state index contributed by atoms with van der Waals surface area (Å²) in [6.07, 6.45) is 7.01. The fraction of sp³-hybridized carbons (Fsp3) is 0.850. The lowest BCUT2D eigenvalue weighted by atomic mass is 9.55. The number of fused-ring (bicyclic) bond motifs is 2. The number of esters is 1. The van der Waals surface area contributed by atoms with Gasteiger partial charge in [-0.25, -0.2) is 0 Å². The molecule has 3 fully saturated rings. The van der Waals surface area contributed by atoms with Crippen LogP contribution in [0, 0.1) is 23.2 Å². The molecule has 2 saturated heterocycles. The number of allylic oxidation sites excluding steroid dienone is 1. The van der Waals surface area contributed by atoms with E-state index in [-0.39, 0.29) is 35.4 Å². The van der Waals surface area contributed by atoms with Crippen LogP contribution in [-0.2, 0) is 14.3 Å². The fourth-order valence-electron chi connectivity index (χ4n) is 5.50. The Balaban J connectivity index is 1.47. The maximum Gasteiger partial charge on any atom is 0.311 e. The van der Waals surface area contributed by atoms with E-state index in [2.05, 4.69) is 25.2 Å². The van der Waals surface area contributed by atoms with Gasteiger partial charge in [-0.05, 0) is 31.6 Å². The van der Waals surface area contributed by atoms with Crippen molar-refractivity contribution in [1.29, 1.82) is 0 Å². The Hall–Kier alpha value is -0.910. The largest absolute Gasteiger partial charge is 0.461 e.